The number of benzene rings is 2. The van der Waals surface area contributed by atoms with E-state index in [0.717, 1.165) is 5.56 Å². The zero-order chi connectivity index (χ0) is 23.5. The average Bonchev–Trinajstić information content (AvgIpc) is 3.34. The molecule has 1 N–H and O–H groups in total. The summed E-state index contributed by atoms with van der Waals surface area (Å²) in [5, 5.41) is 2.94. The highest BCUT2D eigenvalue weighted by molar-refractivity contribution is 5.94. The Hall–Kier alpha value is -3.88. The molecule has 0 bridgehead atoms. The van der Waals surface area contributed by atoms with Gasteiger partial charge in [0.2, 0.25) is 24.4 Å². The maximum absolute atomic E-state index is 12.7. The number of hydrogen-bond donors (Lipinski definition) is 1. The molecule has 2 aromatic carbocycles. The summed E-state index contributed by atoms with van der Waals surface area (Å²) in [5.41, 5.74) is 1.46. The van der Waals surface area contributed by atoms with Gasteiger partial charge in [-0.05, 0) is 48.7 Å². The van der Waals surface area contributed by atoms with Crippen molar-refractivity contribution in [3.8, 4) is 28.7 Å². The fourth-order valence-electron chi connectivity index (χ4n) is 4.24. The predicted octanol–water partition coefficient (Wildman–Crippen LogP) is 3.09. The number of fused-ring (bicyclic) bond motifs is 2. The number of nitrogens with zero attached hydrogens (tertiary/aromatic N) is 1. The van der Waals surface area contributed by atoms with E-state index in [1.807, 2.05) is 12.1 Å². The number of methoxy groups -OCH3 is 1. The van der Waals surface area contributed by atoms with Gasteiger partial charge in [-0.25, -0.2) is 0 Å². The number of piperidine rings is 1. The standard InChI is InChI=1S/C25H26N2O7/c1-30-21-12-16(13-22-24(21)32-11-10-31-22)2-5-23(28)27-8-6-17(7-9-27)25(29)26-18-3-4-19-20(14-18)34-15-33-19/h2-5,12-14,17H,6-11,15H2,1H3,(H,26,29)/b5-2+. The van der Waals surface area contributed by atoms with Crippen LogP contribution in [0.25, 0.3) is 6.08 Å². The van der Waals surface area contributed by atoms with Crippen LogP contribution in [-0.2, 0) is 9.59 Å². The number of nitrogens with one attached hydrogen (secondary N) is 1. The van der Waals surface area contributed by atoms with Crippen LogP contribution in [0, 0.1) is 5.92 Å². The molecule has 0 aromatic heterocycles. The van der Waals surface area contributed by atoms with Crippen LogP contribution in [0.15, 0.2) is 36.4 Å². The summed E-state index contributed by atoms with van der Waals surface area (Å²) in [4.78, 5) is 27.2. The summed E-state index contributed by atoms with van der Waals surface area (Å²) >= 11 is 0. The number of rotatable bonds is 5. The van der Waals surface area contributed by atoms with E-state index in [1.165, 1.54) is 6.08 Å². The normalized spacial score (nSPS) is 17.0. The molecule has 9 nitrogen and oxygen atoms in total. The number of amides is 2. The third kappa shape index (κ3) is 4.59. The van der Waals surface area contributed by atoms with Crippen molar-refractivity contribution in [1.29, 1.82) is 0 Å². The van der Waals surface area contributed by atoms with E-state index in [0.29, 0.717) is 73.6 Å². The summed E-state index contributed by atoms with van der Waals surface area (Å²) in [6.07, 6.45) is 4.49. The van der Waals surface area contributed by atoms with Gasteiger partial charge >= 0.3 is 0 Å². The molecule has 3 aliphatic heterocycles. The van der Waals surface area contributed by atoms with Crippen molar-refractivity contribution in [3.63, 3.8) is 0 Å². The van der Waals surface area contributed by atoms with Crippen LogP contribution >= 0.6 is 0 Å². The van der Waals surface area contributed by atoms with Gasteiger partial charge in [-0.2, -0.15) is 0 Å². The Morgan fingerprint density at radius 3 is 2.62 bits per heavy atom. The molecule has 178 valence electrons. The van der Waals surface area contributed by atoms with Gasteiger partial charge in [0.25, 0.3) is 0 Å². The molecule has 2 aromatic rings. The maximum Gasteiger partial charge on any atom is 0.246 e. The second-order valence-electron chi connectivity index (χ2n) is 8.24. The maximum atomic E-state index is 12.7. The smallest absolute Gasteiger partial charge is 0.246 e. The summed E-state index contributed by atoms with van der Waals surface area (Å²) in [6, 6.07) is 8.97. The fraction of sp³-hybridized carbons (Fsp3) is 0.360. The molecular formula is C25H26N2O7. The Kier molecular flexibility index (Phi) is 6.16. The summed E-state index contributed by atoms with van der Waals surface area (Å²) in [7, 11) is 1.57. The number of ether oxygens (including phenoxy) is 5. The zero-order valence-corrected chi connectivity index (χ0v) is 18.9. The molecule has 0 spiro atoms. The predicted molar refractivity (Wildman–Crippen MR) is 124 cm³/mol. The van der Waals surface area contributed by atoms with Crippen LogP contribution in [0.3, 0.4) is 0 Å². The lowest BCUT2D eigenvalue weighted by Crippen LogP contribution is -2.40. The van der Waals surface area contributed by atoms with Crippen molar-refractivity contribution < 1.29 is 33.3 Å². The summed E-state index contributed by atoms with van der Waals surface area (Å²) in [5.74, 6) is 2.76. The lowest BCUT2D eigenvalue weighted by Gasteiger charge is -2.30. The number of hydrogen-bond acceptors (Lipinski definition) is 7. The van der Waals surface area contributed by atoms with Crippen LogP contribution in [-0.4, -0.2) is 56.9 Å². The largest absolute Gasteiger partial charge is 0.493 e. The van der Waals surface area contributed by atoms with Gasteiger partial charge in [0.05, 0.1) is 7.11 Å². The summed E-state index contributed by atoms with van der Waals surface area (Å²) in [6.45, 7) is 2.18. The molecule has 34 heavy (non-hydrogen) atoms. The lowest BCUT2D eigenvalue weighted by atomic mass is 9.95. The van der Waals surface area contributed by atoms with Gasteiger partial charge in [-0.15, -0.1) is 0 Å². The first kappa shape index (κ1) is 21.9. The van der Waals surface area contributed by atoms with Crippen molar-refractivity contribution in [3.05, 3.63) is 42.0 Å². The van der Waals surface area contributed by atoms with Gasteiger partial charge in [0.15, 0.2) is 23.0 Å². The Morgan fingerprint density at radius 2 is 1.79 bits per heavy atom. The van der Waals surface area contributed by atoms with Gasteiger partial charge < -0.3 is 33.9 Å². The Labute approximate surface area is 197 Å². The quantitative estimate of drug-likeness (QED) is 0.677. The van der Waals surface area contributed by atoms with Gasteiger partial charge in [-0.3, -0.25) is 9.59 Å². The second-order valence-corrected chi connectivity index (χ2v) is 8.24. The molecule has 9 heteroatoms. The van der Waals surface area contributed by atoms with Crippen LogP contribution in [0.5, 0.6) is 28.7 Å². The van der Waals surface area contributed by atoms with E-state index in [4.69, 9.17) is 23.7 Å². The highest BCUT2D eigenvalue weighted by Crippen LogP contribution is 2.40. The minimum atomic E-state index is -0.152. The minimum absolute atomic E-state index is 0.0510. The van der Waals surface area contributed by atoms with E-state index in [1.54, 1.807) is 36.3 Å². The van der Waals surface area contributed by atoms with Crippen LogP contribution < -0.4 is 29.0 Å². The molecule has 1 fully saturated rings. The second kappa shape index (κ2) is 9.54. The molecule has 0 aliphatic carbocycles. The first-order valence-corrected chi connectivity index (χ1v) is 11.3. The van der Waals surface area contributed by atoms with Crippen molar-refractivity contribution >= 4 is 23.6 Å². The summed E-state index contributed by atoms with van der Waals surface area (Å²) < 4.78 is 27.3. The zero-order valence-electron chi connectivity index (χ0n) is 18.9. The van der Waals surface area contributed by atoms with Crippen LogP contribution in [0.2, 0.25) is 0 Å². The lowest BCUT2D eigenvalue weighted by molar-refractivity contribution is -0.130. The van der Waals surface area contributed by atoms with Crippen LogP contribution in [0.4, 0.5) is 5.69 Å². The van der Waals surface area contributed by atoms with Crippen molar-refractivity contribution in [2.75, 3.05) is 45.5 Å². The van der Waals surface area contributed by atoms with E-state index < -0.39 is 0 Å². The Bertz CT molecular complexity index is 1110. The fourth-order valence-corrected chi connectivity index (χ4v) is 4.24. The van der Waals surface area contributed by atoms with E-state index >= 15 is 0 Å². The first-order valence-electron chi connectivity index (χ1n) is 11.3. The number of anilines is 1. The minimum Gasteiger partial charge on any atom is -0.493 e. The Balaban J connectivity index is 1.15. The van der Waals surface area contributed by atoms with Crippen molar-refractivity contribution in [2.45, 2.75) is 12.8 Å². The number of carbonyl (C=O) groups is 2. The molecule has 2 amide bonds. The van der Waals surface area contributed by atoms with Crippen molar-refractivity contribution in [2.24, 2.45) is 5.92 Å². The highest BCUT2D eigenvalue weighted by atomic mass is 16.7. The molecule has 3 heterocycles. The molecule has 0 radical (unpaired) electrons. The molecular weight excluding hydrogens is 440 g/mol. The molecule has 0 saturated carbocycles. The van der Waals surface area contributed by atoms with E-state index in [2.05, 4.69) is 5.32 Å². The van der Waals surface area contributed by atoms with Crippen LogP contribution in [0.1, 0.15) is 18.4 Å². The molecule has 0 atom stereocenters. The van der Waals surface area contributed by atoms with Gasteiger partial charge in [-0.1, -0.05) is 0 Å². The number of carbonyl (C=O) groups excluding carboxylic acids is 2. The molecule has 3 aliphatic rings. The van der Waals surface area contributed by atoms with E-state index in [9.17, 15) is 9.59 Å². The average molecular weight is 466 g/mol. The monoisotopic (exact) mass is 466 g/mol. The highest BCUT2D eigenvalue weighted by Gasteiger charge is 2.27. The van der Waals surface area contributed by atoms with E-state index in [-0.39, 0.29) is 24.5 Å². The third-order valence-corrected chi connectivity index (χ3v) is 6.09. The third-order valence-electron chi connectivity index (χ3n) is 6.09. The topological polar surface area (TPSA) is 95.6 Å². The Morgan fingerprint density at radius 1 is 1.00 bits per heavy atom. The van der Waals surface area contributed by atoms with Crippen molar-refractivity contribution in [1.82, 2.24) is 4.90 Å². The van der Waals surface area contributed by atoms with Gasteiger partial charge in [0.1, 0.15) is 13.2 Å². The molecule has 0 unspecified atom stereocenters. The van der Waals surface area contributed by atoms with Gasteiger partial charge in [0, 0.05) is 36.8 Å². The number of likely N-dealkylation sites (tertiary alicyclic amines) is 1. The molecule has 1 saturated heterocycles. The molecule has 5 rings (SSSR count). The first-order chi connectivity index (χ1) is 16.6. The SMILES string of the molecule is COc1cc(/C=C/C(=O)N2CCC(C(=O)Nc3ccc4c(c3)OCO4)CC2)cc2c1OCCO2.